The van der Waals surface area contributed by atoms with Crippen LogP contribution in [0.3, 0.4) is 0 Å². The van der Waals surface area contributed by atoms with Gasteiger partial charge in [-0.25, -0.2) is 0 Å². The van der Waals surface area contributed by atoms with Gasteiger partial charge in [0.1, 0.15) is 5.75 Å². The largest absolute Gasteiger partial charge is 0.493 e. The van der Waals surface area contributed by atoms with E-state index in [0.717, 1.165) is 12.2 Å². The van der Waals surface area contributed by atoms with Crippen LogP contribution in [0.2, 0.25) is 0 Å². The number of ether oxygens (including phenoxy) is 1. The van der Waals surface area contributed by atoms with Crippen molar-refractivity contribution in [3.05, 3.63) is 29.8 Å². The molecule has 0 heterocycles. The molecule has 2 N–H and O–H groups in total. The van der Waals surface area contributed by atoms with E-state index in [0.29, 0.717) is 18.0 Å². The van der Waals surface area contributed by atoms with Gasteiger partial charge in [-0.2, -0.15) is 0 Å². The molecule has 2 nitrogen and oxygen atoms in total. The summed E-state index contributed by atoms with van der Waals surface area (Å²) in [5, 5.41) is 0. The number of nitrogens with two attached hydrogens (primary N) is 1. The Morgan fingerprint density at radius 2 is 2.00 bits per heavy atom. The fraction of sp³-hybridized carbons (Fsp3) is 0.462. The first-order valence-electron chi connectivity index (χ1n) is 5.72. The number of benzene rings is 1. The molecular formula is C13H19NOS. The van der Waals surface area contributed by atoms with Gasteiger partial charge in [0.25, 0.3) is 0 Å². The molecule has 3 heteroatoms. The van der Waals surface area contributed by atoms with Gasteiger partial charge in [-0.15, -0.1) is 0 Å². The number of aryl methyl sites for hydroxylation is 1. The van der Waals surface area contributed by atoms with Crippen molar-refractivity contribution in [3.63, 3.8) is 0 Å². The number of hydrogen-bond acceptors (Lipinski definition) is 2. The van der Waals surface area contributed by atoms with Crippen LogP contribution in [0.1, 0.15) is 31.7 Å². The average Bonchev–Trinajstić information content (AvgIpc) is 2.27. The maximum atomic E-state index is 5.51. The summed E-state index contributed by atoms with van der Waals surface area (Å²) in [4.78, 5) is 0.500. The lowest BCUT2D eigenvalue weighted by atomic mass is 10.1. The predicted octanol–water partition coefficient (Wildman–Crippen LogP) is 3.08. The second kappa shape index (κ2) is 7.23. The van der Waals surface area contributed by atoms with E-state index >= 15 is 0 Å². The van der Waals surface area contributed by atoms with Crippen molar-refractivity contribution in [2.45, 2.75) is 32.6 Å². The molecule has 0 atom stereocenters. The van der Waals surface area contributed by atoms with Crippen molar-refractivity contribution < 1.29 is 4.74 Å². The average molecular weight is 237 g/mol. The molecule has 0 fully saturated rings. The molecule has 0 amide bonds. The lowest BCUT2D eigenvalue weighted by molar-refractivity contribution is 0.329. The van der Waals surface area contributed by atoms with Crippen LogP contribution < -0.4 is 10.5 Å². The fourth-order valence-electron chi connectivity index (χ4n) is 1.40. The molecule has 1 aromatic rings. The molecule has 0 bridgehead atoms. The Labute approximate surface area is 103 Å². The van der Waals surface area contributed by atoms with E-state index in [4.69, 9.17) is 22.7 Å². The lowest BCUT2D eigenvalue weighted by Crippen LogP contribution is -2.12. The maximum absolute atomic E-state index is 5.51. The van der Waals surface area contributed by atoms with Gasteiger partial charge in [0.15, 0.2) is 0 Å². The highest BCUT2D eigenvalue weighted by molar-refractivity contribution is 7.80. The number of thiocarbonyl (C=S) groups is 1. The predicted molar refractivity (Wildman–Crippen MR) is 72.0 cm³/mol. The minimum Gasteiger partial charge on any atom is -0.493 e. The molecule has 1 aromatic carbocycles. The number of hydrogen-bond donors (Lipinski definition) is 1. The molecule has 0 aliphatic carbocycles. The summed E-state index contributed by atoms with van der Waals surface area (Å²) in [6.45, 7) is 2.76. The number of rotatable bonds is 7. The van der Waals surface area contributed by atoms with Gasteiger partial charge < -0.3 is 10.5 Å². The van der Waals surface area contributed by atoms with Crippen LogP contribution >= 0.6 is 12.2 Å². The Morgan fingerprint density at radius 3 is 2.56 bits per heavy atom. The molecule has 0 radical (unpaired) electrons. The smallest absolute Gasteiger partial charge is 0.119 e. The first kappa shape index (κ1) is 13.0. The second-order valence-corrected chi connectivity index (χ2v) is 4.34. The third-order valence-corrected chi connectivity index (χ3v) is 2.56. The zero-order chi connectivity index (χ0) is 11.8. The zero-order valence-corrected chi connectivity index (χ0v) is 10.6. The molecule has 0 spiro atoms. The third kappa shape index (κ3) is 5.12. The molecule has 0 unspecified atom stereocenters. The van der Waals surface area contributed by atoms with Crippen molar-refractivity contribution in [1.82, 2.24) is 0 Å². The van der Waals surface area contributed by atoms with Crippen molar-refractivity contribution in [3.8, 4) is 5.75 Å². The van der Waals surface area contributed by atoms with Crippen LogP contribution in [-0.4, -0.2) is 11.6 Å². The molecular weight excluding hydrogens is 218 g/mol. The Balaban J connectivity index is 2.36. The van der Waals surface area contributed by atoms with E-state index in [2.05, 4.69) is 19.1 Å². The highest BCUT2D eigenvalue weighted by atomic mass is 32.1. The summed E-state index contributed by atoms with van der Waals surface area (Å²) in [6, 6.07) is 8.24. The van der Waals surface area contributed by atoms with Crippen molar-refractivity contribution >= 4 is 17.2 Å². The Bertz CT molecular complexity index is 321. The van der Waals surface area contributed by atoms with Gasteiger partial charge in [0.2, 0.25) is 0 Å². The van der Waals surface area contributed by atoms with Crippen LogP contribution in [0, 0.1) is 0 Å². The molecule has 0 saturated heterocycles. The van der Waals surface area contributed by atoms with Crippen molar-refractivity contribution in [1.29, 1.82) is 0 Å². The third-order valence-electron chi connectivity index (χ3n) is 2.36. The summed E-state index contributed by atoms with van der Waals surface area (Å²) < 4.78 is 5.51. The van der Waals surface area contributed by atoms with E-state index in [1.54, 1.807) is 0 Å². The Kier molecular flexibility index (Phi) is 5.86. The lowest BCUT2D eigenvalue weighted by Gasteiger charge is -2.06. The van der Waals surface area contributed by atoms with Crippen LogP contribution in [0.25, 0.3) is 0 Å². The fourth-order valence-corrected chi connectivity index (χ4v) is 1.49. The van der Waals surface area contributed by atoms with E-state index < -0.39 is 0 Å². The van der Waals surface area contributed by atoms with E-state index in [1.807, 2.05) is 12.1 Å². The van der Waals surface area contributed by atoms with E-state index in [-0.39, 0.29) is 0 Å². The molecule has 88 valence electrons. The molecule has 1 rings (SSSR count). The van der Waals surface area contributed by atoms with Gasteiger partial charge in [-0.05, 0) is 30.5 Å². The molecule has 0 aliphatic heterocycles. The summed E-state index contributed by atoms with van der Waals surface area (Å²) in [6.07, 6.45) is 4.24. The minimum atomic E-state index is 0.500. The van der Waals surface area contributed by atoms with Crippen LogP contribution in [0.4, 0.5) is 0 Å². The first-order valence-corrected chi connectivity index (χ1v) is 6.13. The van der Waals surface area contributed by atoms with Crippen molar-refractivity contribution in [2.75, 3.05) is 6.61 Å². The molecule has 0 saturated carbocycles. The first-order chi connectivity index (χ1) is 7.72. The topological polar surface area (TPSA) is 35.2 Å². The monoisotopic (exact) mass is 237 g/mol. The number of unbranched alkanes of at least 4 members (excludes halogenated alkanes) is 1. The minimum absolute atomic E-state index is 0.500. The zero-order valence-electron chi connectivity index (χ0n) is 9.74. The molecule has 16 heavy (non-hydrogen) atoms. The summed E-state index contributed by atoms with van der Waals surface area (Å²) >= 11 is 4.78. The van der Waals surface area contributed by atoms with Gasteiger partial charge in [0.05, 0.1) is 11.6 Å². The van der Waals surface area contributed by atoms with Gasteiger partial charge in [-0.1, -0.05) is 37.7 Å². The van der Waals surface area contributed by atoms with Crippen molar-refractivity contribution in [2.24, 2.45) is 5.73 Å². The van der Waals surface area contributed by atoms with Gasteiger partial charge >= 0.3 is 0 Å². The van der Waals surface area contributed by atoms with E-state index in [1.165, 1.54) is 18.4 Å². The van der Waals surface area contributed by atoms with Crippen LogP contribution in [-0.2, 0) is 6.42 Å². The normalized spacial score (nSPS) is 10.1. The highest BCUT2D eigenvalue weighted by Gasteiger charge is 1.96. The SMILES string of the molecule is CCCCc1ccc(OCCC(N)=S)cc1. The van der Waals surface area contributed by atoms with Crippen LogP contribution in [0.15, 0.2) is 24.3 Å². The summed E-state index contributed by atoms with van der Waals surface area (Å²) in [5.41, 5.74) is 6.75. The summed E-state index contributed by atoms with van der Waals surface area (Å²) in [5.74, 6) is 0.886. The Hall–Kier alpha value is -1.09. The van der Waals surface area contributed by atoms with E-state index in [9.17, 15) is 0 Å². The second-order valence-electron chi connectivity index (χ2n) is 3.81. The van der Waals surface area contributed by atoms with Crippen LogP contribution in [0.5, 0.6) is 5.75 Å². The Morgan fingerprint density at radius 1 is 1.31 bits per heavy atom. The maximum Gasteiger partial charge on any atom is 0.119 e. The molecule has 0 aromatic heterocycles. The quantitative estimate of drug-likeness (QED) is 0.740. The van der Waals surface area contributed by atoms with Gasteiger partial charge in [-0.3, -0.25) is 0 Å². The standard InChI is InChI=1S/C13H19NOS/c1-2-3-4-11-5-7-12(8-6-11)15-10-9-13(14)16/h5-8H,2-4,9-10H2,1H3,(H2,14,16). The molecule has 0 aliphatic rings. The summed E-state index contributed by atoms with van der Waals surface area (Å²) in [7, 11) is 0. The highest BCUT2D eigenvalue weighted by Crippen LogP contribution is 2.14. The van der Waals surface area contributed by atoms with Gasteiger partial charge in [0, 0.05) is 6.42 Å².